The van der Waals surface area contributed by atoms with E-state index in [4.69, 9.17) is 0 Å². The second-order valence-electron chi connectivity index (χ2n) is 20.8. The van der Waals surface area contributed by atoms with Gasteiger partial charge in [-0.25, -0.2) is 0 Å². The van der Waals surface area contributed by atoms with E-state index in [-0.39, 0.29) is 12.5 Å². The lowest BCUT2D eigenvalue weighted by atomic mass is 10.0. The molecule has 0 bridgehead atoms. The second kappa shape index (κ2) is 57.9. The van der Waals surface area contributed by atoms with Crippen LogP contribution in [0, 0.1) is 0 Å². The number of hydrogen-bond acceptors (Lipinski definition) is 3. The van der Waals surface area contributed by atoms with Crippen LogP contribution in [0.2, 0.25) is 0 Å². The van der Waals surface area contributed by atoms with Crippen LogP contribution >= 0.6 is 0 Å². The first-order valence-corrected chi connectivity index (χ1v) is 30.2. The number of aliphatic hydroxyl groups is 2. The van der Waals surface area contributed by atoms with E-state index in [1.165, 1.54) is 276 Å². The Bertz CT molecular complexity index is 1010. The molecule has 3 N–H and O–H groups in total. The molecule has 0 aliphatic rings. The fourth-order valence-corrected chi connectivity index (χ4v) is 9.51. The van der Waals surface area contributed by atoms with Gasteiger partial charge < -0.3 is 15.5 Å². The second-order valence-corrected chi connectivity index (χ2v) is 20.8. The third-order valence-corrected chi connectivity index (χ3v) is 14.1. The molecular formula is C62H119NO3. The third kappa shape index (κ3) is 53.6. The molecule has 0 saturated carbocycles. The smallest absolute Gasteiger partial charge is 0.220 e. The van der Waals surface area contributed by atoms with Crippen molar-refractivity contribution < 1.29 is 15.0 Å². The largest absolute Gasteiger partial charge is 0.394 e. The monoisotopic (exact) mass is 926 g/mol. The van der Waals surface area contributed by atoms with Crippen LogP contribution in [0.25, 0.3) is 0 Å². The summed E-state index contributed by atoms with van der Waals surface area (Å²) in [5, 5.41) is 23.2. The average molecular weight is 927 g/mol. The zero-order valence-corrected chi connectivity index (χ0v) is 45.0. The normalized spacial score (nSPS) is 13.0. The lowest BCUT2D eigenvalue weighted by molar-refractivity contribution is -0.123. The minimum absolute atomic E-state index is 0.0718. The van der Waals surface area contributed by atoms with Crippen LogP contribution < -0.4 is 5.32 Å². The van der Waals surface area contributed by atoms with E-state index < -0.39 is 12.1 Å². The summed E-state index contributed by atoms with van der Waals surface area (Å²) in [5.41, 5.74) is 0. The van der Waals surface area contributed by atoms with Crippen molar-refractivity contribution in [1.82, 2.24) is 5.32 Å². The number of amides is 1. The molecular weight excluding hydrogens is 807 g/mol. The summed E-state index contributed by atoms with van der Waals surface area (Å²) in [6, 6.07) is -0.644. The summed E-state index contributed by atoms with van der Waals surface area (Å²) in [4.78, 5) is 12.5. The van der Waals surface area contributed by atoms with Gasteiger partial charge in [-0.05, 0) is 44.9 Å². The highest BCUT2D eigenvalue weighted by atomic mass is 16.3. The average Bonchev–Trinajstić information content (AvgIpc) is 3.32. The van der Waals surface area contributed by atoms with Crippen molar-refractivity contribution in [3.05, 3.63) is 36.5 Å². The van der Waals surface area contributed by atoms with Crippen molar-refractivity contribution in [2.24, 2.45) is 0 Å². The molecule has 4 heteroatoms. The lowest BCUT2D eigenvalue weighted by Crippen LogP contribution is -2.45. The van der Waals surface area contributed by atoms with Gasteiger partial charge in [0, 0.05) is 6.42 Å². The third-order valence-electron chi connectivity index (χ3n) is 14.1. The van der Waals surface area contributed by atoms with E-state index in [0.717, 1.165) is 38.5 Å². The Labute approximate surface area is 414 Å². The highest BCUT2D eigenvalue weighted by molar-refractivity contribution is 5.76. The first-order chi connectivity index (χ1) is 32.7. The summed E-state index contributed by atoms with van der Waals surface area (Å²) in [6.07, 6.45) is 79.1. The summed E-state index contributed by atoms with van der Waals surface area (Å²) in [5.74, 6) is -0.0718. The molecule has 0 heterocycles. The first-order valence-electron chi connectivity index (χ1n) is 30.2. The molecule has 0 rings (SSSR count). The maximum atomic E-state index is 12.5. The summed E-state index contributed by atoms with van der Waals surface area (Å²) in [7, 11) is 0. The summed E-state index contributed by atoms with van der Waals surface area (Å²) < 4.78 is 0. The van der Waals surface area contributed by atoms with Gasteiger partial charge in [-0.2, -0.15) is 0 Å². The minimum Gasteiger partial charge on any atom is -0.394 e. The number of aliphatic hydroxyl groups excluding tert-OH is 2. The number of allylic oxidation sites excluding steroid dienone is 5. The summed E-state index contributed by atoms with van der Waals surface area (Å²) >= 11 is 0. The molecule has 4 nitrogen and oxygen atoms in total. The molecule has 0 aromatic carbocycles. The van der Waals surface area contributed by atoms with Crippen LogP contribution in [-0.4, -0.2) is 34.9 Å². The fraction of sp³-hybridized carbons (Fsp3) is 0.887. The molecule has 66 heavy (non-hydrogen) atoms. The number of carbonyl (C=O) groups excluding carboxylic acids is 1. The van der Waals surface area contributed by atoms with Crippen LogP contribution in [-0.2, 0) is 4.79 Å². The van der Waals surface area contributed by atoms with Crippen molar-refractivity contribution >= 4 is 5.91 Å². The van der Waals surface area contributed by atoms with Crippen molar-refractivity contribution in [3.8, 4) is 0 Å². The fourth-order valence-electron chi connectivity index (χ4n) is 9.51. The van der Waals surface area contributed by atoms with Crippen LogP contribution in [0.5, 0.6) is 0 Å². The lowest BCUT2D eigenvalue weighted by Gasteiger charge is -2.19. The van der Waals surface area contributed by atoms with Gasteiger partial charge in [-0.15, -0.1) is 0 Å². The van der Waals surface area contributed by atoms with E-state index in [9.17, 15) is 15.0 Å². The standard InChI is InChI=1S/C62H119NO3/c1-3-5-7-9-11-13-15-17-19-21-23-25-26-27-28-29-30-31-32-33-34-35-36-38-39-41-43-45-47-49-51-53-55-57-61(65)60(59-64)63-62(66)58-56-54-52-50-48-46-44-42-40-37-24-22-20-18-16-14-12-10-8-6-4-2/h39,41,47,49,55,57,60-61,64-65H,3-38,40,42-46,48,50-54,56,58-59H2,1-2H3,(H,63,66)/b41-39+,49-47+,57-55+. The molecule has 0 aromatic rings. The number of nitrogens with one attached hydrogen (secondary N) is 1. The molecule has 0 saturated heterocycles. The van der Waals surface area contributed by atoms with E-state index >= 15 is 0 Å². The molecule has 2 unspecified atom stereocenters. The maximum Gasteiger partial charge on any atom is 0.220 e. The molecule has 0 aliphatic carbocycles. The van der Waals surface area contributed by atoms with Crippen molar-refractivity contribution in [2.75, 3.05) is 6.61 Å². The van der Waals surface area contributed by atoms with Gasteiger partial charge in [-0.3, -0.25) is 4.79 Å². The highest BCUT2D eigenvalue weighted by Gasteiger charge is 2.18. The number of unbranched alkanes of at least 4 members (excludes halogenated alkanes) is 45. The number of carbonyl (C=O) groups is 1. The molecule has 1 amide bonds. The van der Waals surface area contributed by atoms with Gasteiger partial charge in [0.15, 0.2) is 0 Å². The number of hydrogen-bond donors (Lipinski definition) is 3. The molecule has 0 radical (unpaired) electrons. The van der Waals surface area contributed by atoms with Gasteiger partial charge in [0.25, 0.3) is 0 Å². The predicted octanol–water partition coefficient (Wildman–Crippen LogP) is 20.0. The minimum atomic E-state index is -0.869. The summed E-state index contributed by atoms with van der Waals surface area (Å²) in [6.45, 7) is 4.33. The van der Waals surface area contributed by atoms with Gasteiger partial charge in [-0.1, -0.05) is 320 Å². The van der Waals surface area contributed by atoms with E-state index in [0.29, 0.717) is 6.42 Å². The van der Waals surface area contributed by atoms with E-state index in [2.05, 4.69) is 43.5 Å². The SMILES string of the molecule is CCCCCCCCCCCCCCCCCCCCCCCCC/C=C/CC/C=C/CC/C=C/C(O)C(CO)NC(=O)CCCCCCCCCCCCCCCCCCCCCCC. The predicted molar refractivity (Wildman–Crippen MR) is 295 cm³/mol. The van der Waals surface area contributed by atoms with Gasteiger partial charge in [0.05, 0.1) is 18.8 Å². The van der Waals surface area contributed by atoms with Gasteiger partial charge >= 0.3 is 0 Å². The van der Waals surface area contributed by atoms with Crippen LogP contribution in [0.3, 0.4) is 0 Å². The molecule has 2 atom stereocenters. The van der Waals surface area contributed by atoms with Crippen LogP contribution in [0.15, 0.2) is 36.5 Å². The molecule has 0 aromatic heterocycles. The Hall–Kier alpha value is -1.39. The maximum absolute atomic E-state index is 12.5. The van der Waals surface area contributed by atoms with E-state index in [1.54, 1.807) is 6.08 Å². The Morgan fingerprint density at radius 2 is 0.591 bits per heavy atom. The van der Waals surface area contributed by atoms with Gasteiger partial charge in [0.2, 0.25) is 5.91 Å². The topological polar surface area (TPSA) is 69.6 Å². The van der Waals surface area contributed by atoms with Crippen LogP contribution in [0.4, 0.5) is 0 Å². The van der Waals surface area contributed by atoms with Gasteiger partial charge in [0.1, 0.15) is 0 Å². The van der Waals surface area contributed by atoms with Crippen molar-refractivity contribution in [3.63, 3.8) is 0 Å². The van der Waals surface area contributed by atoms with Crippen molar-refractivity contribution in [1.29, 1.82) is 0 Å². The molecule has 0 spiro atoms. The van der Waals surface area contributed by atoms with Crippen molar-refractivity contribution in [2.45, 2.75) is 347 Å². The first kappa shape index (κ1) is 64.6. The number of rotatable bonds is 56. The molecule has 390 valence electrons. The Morgan fingerprint density at radius 3 is 0.879 bits per heavy atom. The zero-order chi connectivity index (χ0) is 47.7. The highest BCUT2D eigenvalue weighted by Crippen LogP contribution is 2.18. The Morgan fingerprint density at radius 1 is 0.348 bits per heavy atom. The van der Waals surface area contributed by atoms with E-state index in [1.807, 2.05) is 6.08 Å². The van der Waals surface area contributed by atoms with Crippen LogP contribution in [0.1, 0.15) is 335 Å². The zero-order valence-electron chi connectivity index (χ0n) is 45.0. The Balaban J connectivity index is 3.50. The molecule has 0 fully saturated rings. The quantitative estimate of drug-likeness (QED) is 0.0420. The Kier molecular flexibility index (Phi) is 56.7. The molecule has 0 aliphatic heterocycles.